The first-order chi connectivity index (χ1) is 17.7. The molecule has 0 saturated heterocycles. The van der Waals surface area contributed by atoms with Crippen LogP contribution < -0.4 is 15.8 Å². The van der Waals surface area contributed by atoms with Gasteiger partial charge in [0.1, 0.15) is 11.6 Å². The molecule has 11 heteroatoms. The monoisotopic (exact) mass is 506 g/mol. The molecule has 2 aromatic carbocycles. The number of carbonyl (C=O) groups is 1. The van der Waals surface area contributed by atoms with Crippen LogP contribution in [0.5, 0.6) is 11.6 Å². The van der Waals surface area contributed by atoms with Crippen LogP contribution in [0, 0.1) is 6.92 Å². The number of nitrogens with one attached hydrogen (secondary N) is 1. The number of ether oxygens (including phenoxy) is 1. The van der Waals surface area contributed by atoms with Gasteiger partial charge in [-0.1, -0.05) is 12.1 Å². The number of aliphatic imine (C=N–C) groups is 1. The summed E-state index contributed by atoms with van der Waals surface area (Å²) >= 11 is 0. The summed E-state index contributed by atoms with van der Waals surface area (Å²) in [5, 5.41) is 2.64. The quantitative estimate of drug-likeness (QED) is 0.332. The maximum atomic E-state index is 13.1. The van der Waals surface area contributed by atoms with Crippen molar-refractivity contribution < 1.29 is 22.7 Å². The molecule has 37 heavy (non-hydrogen) atoms. The normalized spacial score (nSPS) is 11.5. The van der Waals surface area contributed by atoms with Crippen LogP contribution in [0.15, 0.2) is 72.0 Å². The molecule has 1 amide bonds. The van der Waals surface area contributed by atoms with Gasteiger partial charge in [0, 0.05) is 48.5 Å². The summed E-state index contributed by atoms with van der Waals surface area (Å²) in [5.74, 6) is 0.149. The first kappa shape index (κ1) is 25.3. The average molecular weight is 506 g/mol. The summed E-state index contributed by atoms with van der Waals surface area (Å²) in [6, 6.07) is 12.6. The number of hydrogen-bond donors (Lipinski definition) is 2. The van der Waals surface area contributed by atoms with Gasteiger partial charge in [-0.05, 0) is 48.9 Å². The smallest absolute Gasteiger partial charge is 0.416 e. The van der Waals surface area contributed by atoms with Crippen molar-refractivity contribution in [1.29, 1.82) is 0 Å². The molecule has 0 fully saturated rings. The van der Waals surface area contributed by atoms with Crippen molar-refractivity contribution in [3.63, 3.8) is 0 Å². The molecule has 2 aromatic heterocycles. The number of benzene rings is 2. The van der Waals surface area contributed by atoms with Crippen molar-refractivity contribution in [3.8, 4) is 23.0 Å². The molecular weight excluding hydrogens is 485 g/mol. The first-order valence-electron chi connectivity index (χ1n) is 10.9. The number of nitrogens with zero attached hydrogens (tertiary/aromatic N) is 4. The van der Waals surface area contributed by atoms with E-state index >= 15 is 0 Å². The molecule has 0 aliphatic rings. The number of aromatic nitrogens is 3. The van der Waals surface area contributed by atoms with Crippen molar-refractivity contribution in [2.24, 2.45) is 4.99 Å². The molecule has 8 nitrogen and oxygen atoms in total. The van der Waals surface area contributed by atoms with Crippen molar-refractivity contribution >= 4 is 23.6 Å². The second-order valence-corrected chi connectivity index (χ2v) is 7.89. The van der Waals surface area contributed by atoms with E-state index in [2.05, 4.69) is 25.3 Å². The van der Waals surface area contributed by atoms with E-state index in [4.69, 9.17) is 10.5 Å². The van der Waals surface area contributed by atoms with Crippen molar-refractivity contribution in [1.82, 2.24) is 15.0 Å². The number of carbonyl (C=O) groups excluding carboxylic acids is 1. The molecule has 3 N–H and O–H groups in total. The van der Waals surface area contributed by atoms with Gasteiger partial charge in [-0.2, -0.15) is 18.2 Å². The summed E-state index contributed by atoms with van der Waals surface area (Å²) < 4.78 is 45.2. The molecule has 2 heterocycles. The second kappa shape index (κ2) is 10.4. The Hall–Kier alpha value is -4.80. The minimum Gasteiger partial charge on any atom is -0.438 e. The molecule has 0 atom stereocenters. The van der Waals surface area contributed by atoms with Crippen molar-refractivity contribution in [3.05, 3.63) is 89.2 Å². The van der Waals surface area contributed by atoms with E-state index in [9.17, 15) is 18.0 Å². The predicted octanol–water partition coefficient (Wildman–Crippen LogP) is 5.54. The Bertz CT molecular complexity index is 1470. The van der Waals surface area contributed by atoms with Crippen molar-refractivity contribution in [2.45, 2.75) is 13.1 Å². The van der Waals surface area contributed by atoms with Gasteiger partial charge in [-0.3, -0.25) is 14.8 Å². The van der Waals surface area contributed by atoms with Crippen LogP contribution in [0.1, 0.15) is 27.0 Å². The number of halogens is 3. The predicted molar refractivity (Wildman–Crippen MR) is 134 cm³/mol. The fourth-order valence-electron chi connectivity index (χ4n) is 3.36. The number of nitrogen functional groups attached to an aromatic ring is 1. The van der Waals surface area contributed by atoms with E-state index in [1.165, 1.54) is 24.4 Å². The molecule has 0 saturated carbocycles. The molecule has 188 valence electrons. The lowest BCUT2D eigenvalue weighted by molar-refractivity contribution is -0.137. The molecular formula is C26H21F3N6O2. The third kappa shape index (κ3) is 5.89. The van der Waals surface area contributed by atoms with Crippen LogP contribution in [0.25, 0.3) is 11.4 Å². The van der Waals surface area contributed by atoms with Gasteiger partial charge in [0.2, 0.25) is 5.88 Å². The molecule has 0 aliphatic heterocycles. The molecule has 0 aliphatic carbocycles. The number of rotatable bonds is 6. The highest BCUT2D eigenvalue weighted by molar-refractivity contribution is 6.04. The maximum Gasteiger partial charge on any atom is 0.416 e. The number of aryl methyl sites for hydroxylation is 1. The Labute approximate surface area is 210 Å². The number of anilines is 2. The summed E-state index contributed by atoms with van der Waals surface area (Å²) in [7, 11) is 1.56. The summed E-state index contributed by atoms with van der Waals surface area (Å²) in [6.45, 7) is 1.74. The SMILES string of the molecule is CN=Cc1c(N)nc(-c2cccnc2)nc1Oc1ccc(C)c(NC(=O)c2cccc(C(F)(F)F)c2)c1. The number of hydrogen-bond acceptors (Lipinski definition) is 7. The largest absolute Gasteiger partial charge is 0.438 e. The van der Waals surface area contributed by atoms with Gasteiger partial charge < -0.3 is 15.8 Å². The topological polar surface area (TPSA) is 115 Å². The Kier molecular flexibility index (Phi) is 7.14. The number of alkyl halides is 3. The zero-order valence-electron chi connectivity index (χ0n) is 19.7. The highest BCUT2D eigenvalue weighted by atomic mass is 19.4. The number of nitrogens with two attached hydrogens (primary N) is 1. The van der Waals surface area contributed by atoms with Crippen LogP contribution in [-0.4, -0.2) is 34.1 Å². The Morgan fingerprint density at radius 2 is 1.92 bits per heavy atom. The van der Waals surface area contributed by atoms with Crippen molar-refractivity contribution in [2.75, 3.05) is 18.1 Å². The standard InChI is InChI=1S/C26H21F3N6O2/c1-15-8-9-19(12-21(15)33-24(36)16-5-3-7-18(11-16)26(27,28)29)37-25-20(14-31-2)22(30)34-23(35-25)17-6-4-10-32-13-17/h3-14H,1-2H3,(H,33,36)(H2,30,34,35). The van der Waals surface area contributed by atoms with Gasteiger partial charge in [0.15, 0.2) is 5.82 Å². The third-order valence-electron chi connectivity index (χ3n) is 5.24. The zero-order chi connectivity index (χ0) is 26.6. The van der Waals surface area contributed by atoms with Crippen LogP contribution in [-0.2, 0) is 6.18 Å². The first-order valence-corrected chi connectivity index (χ1v) is 10.9. The lowest BCUT2D eigenvalue weighted by Crippen LogP contribution is -2.14. The minimum absolute atomic E-state index is 0.121. The summed E-state index contributed by atoms with van der Waals surface area (Å²) in [4.78, 5) is 29.6. The Morgan fingerprint density at radius 3 is 2.62 bits per heavy atom. The lowest BCUT2D eigenvalue weighted by Gasteiger charge is -2.14. The molecule has 4 rings (SSSR count). The van der Waals surface area contributed by atoms with Crippen LogP contribution >= 0.6 is 0 Å². The highest BCUT2D eigenvalue weighted by Crippen LogP contribution is 2.32. The Balaban J connectivity index is 1.65. The zero-order valence-corrected chi connectivity index (χ0v) is 19.7. The fourth-order valence-corrected chi connectivity index (χ4v) is 3.36. The summed E-state index contributed by atoms with van der Waals surface area (Å²) in [6.07, 6.45) is 0.0963. The molecule has 0 bridgehead atoms. The van der Waals surface area contributed by atoms with Gasteiger partial charge in [0.05, 0.1) is 11.1 Å². The van der Waals surface area contributed by atoms with Gasteiger partial charge in [-0.15, -0.1) is 0 Å². The second-order valence-electron chi connectivity index (χ2n) is 7.89. The van der Waals surface area contributed by atoms with Crippen LogP contribution in [0.2, 0.25) is 0 Å². The van der Waals surface area contributed by atoms with E-state index in [0.717, 1.165) is 12.1 Å². The van der Waals surface area contributed by atoms with Crippen LogP contribution in [0.3, 0.4) is 0 Å². The fraction of sp³-hybridized carbons (Fsp3) is 0.115. The maximum absolute atomic E-state index is 13.1. The third-order valence-corrected chi connectivity index (χ3v) is 5.24. The summed E-state index contributed by atoms with van der Waals surface area (Å²) in [5.41, 5.74) is 7.09. The van der Waals surface area contributed by atoms with Gasteiger partial charge >= 0.3 is 6.18 Å². The number of amides is 1. The van der Waals surface area contributed by atoms with E-state index in [1.807, 2.05) is 0 Å². The van der Waals surface area contributed by atoms with E-state index in [1.54, 1.807) is 50.6 Å². The molecule has 4 aromatic rings. The highest BCUT2D eigenvalue weighted by Gasteiger charge is 2.31. The lowest BCUT2D eigenvalue weighted by atomic mass is 10.1. The van der Waals surface area contributed by atoms with E-state index in [-0.39, 0.29) is 17.3 Å². The Morgan fingerprint density at radius 1 is 1.11 bits per heavy atom. The van der Waals surface area contributed by atoms with Gasteiger partial charge in [0.25, 0.3) is 5.91 Å². The van der Waals surface area contributed by atoms with Crippen LogP contribution in [0.4, 0.5) is 24.7 Å². The number of pyridine rings is 1. The van der Waals surface area contributed by atoms with Gasteiger partial charge in [-0.25, -0.2) is 4.98 Å². The minimum atomic E-state index is -4.56. The van der Waals surface area contributed by atoms with E-state index in [0.29, 0.717) is 34.0 Å². The van der Waals surface area contributed by atoms with E-state index < -0.39 is 17.6 Å². The average Bonchev–Trinajstić information content (AvgIpc) is 2.88. The molecule has 0 unspecified atom stereocenters. The molecule has 0 spiro atoms. The molecule has 0 radical (unpaired) electrons.